The molecule has 0 spiro atoms. The first-order chi connectivity index (χ1) is 12.6. The molecule has 1 aromatic carbocycles. The van der Waals surface area contributed by atoms with Crippen LogP contribution in [0.5, 0.6) is 0 Å². The number of hydrogen-bond donors (Lipinski definition) is 3. The van der Waals surface area contributed by atoms with E-state index in [2.05, 4.69) is 39.5 Å². The number of carbonyl (C=O) groups excluding carboxylic acids is 1. The van der Waals surface area contributed by atoms with E-state index in [-0.39, 0.29) is 24.8 Å². The van der Waals surface area contributed by atoms with Gasteiger partial charge in [-0.1, -0.05) is 41.9 Å². The summed E-state index contributed by atoms with van der Waals surface area (Å²) in [4.78, 5) is 17.8. The van der Waals surface area contributed by atoms with Crippen molar-refractivity contribution in [2.45, 2.75) is 19.0 Å². The number of pyridine rings is 1. The van der Waals surface area contributed by atoms with Gasteiger partial charge < -0.3 is 5.32 Å². The topological polar surface area (TPSA) is 77.5 Å². The Morgan fingerprint density at radius 2 is 2.07 bits per heavy atom. The first-order valence-corrected chi connectivity index (χ1v) is 8.82. The fraction of sp³-hybridized carbons (Fsp3) is 0.263. The number of aromatic nitrogens is 1. The summed E-state index contributed by atoms with van der Waals surface area (Å²) < 4.78 is 0. The molecule has 1 aromatic heterocycles. The van der Waals surface area contributed by atoms with Crippen LogP contribution < -0.4 is 10.8 Å². The lowest BCUT2D eigenvalue weighted by molar-refractivity contribution is -0.124. The van der Waals surface area contributed by atoms with Gasteiger partial charge in [0.1, 0.15) is 5.82 Å². The van der Waals surface area contributed by atoms with Gasteiger partial charge in [0, 0.05) is 37.9 Å². The fourth-order valence-electron chi connectivity index (χ4n) is 2.99. The van der Waals surface area contributed by atoms with E-state index in [0.29, 0.717) is 22.4 Å². The number of amides is 1. The van der Waals surface area contributed by atoms with Crippen LogP contribution in [0.25, 0.3) is 6.08 Å². The Labute approximate surface area is 181 Å². The van der Waals surface area contributed by atoms with E-state index < -0.39 is 5.91 Å². The summed E-state index contributed by atoms with van der Waals surface area (Å²) in [5.74, 6) is 0.0368. The number of carbonyl (C=O) groups is 1. The Balaban J connectivity index is 0.00000196. The zero-order valence-electron chi connectivity index (χ0n) is 15.0. The largest absolute Gasteiger partial charge is 0.365 e. The molecule has 1 fully saturated rings. The molecular formula is C19H23Cl3N4O2. The highest BCUT2D eigenvalue weighted by Crippen LogP contribution is 2.24. The number of rotatable bonds is 6. The van der Waals surface area contributed by atoms with Crippen molar-refractivity contribution in [1.29, 1.82) is 0 Å². The molecule has 0 radical (unpaired) electrons. The first kappa shape index (κ1) is 24.2. The molecule has 2 heterocycles. The van der Waals surface area contributed by atoms with Crippen LogP contribution in [-0.4, -0.2) is 40.1 Å². The Kier molecular flexibility index (Phi) is 10.3. The number of likely N-dealkylation sites (tertiary alicyclic amines) is 1. The number of benzene rings is 1. The highest BCUT2D eigenvalue weighted by Gasteiger charge is 2.23. The first-order valence-electron chi connectivity index (χ1n) is 8.44. The molecule has 0 unspecified atom stereocenters. The quantitative estimate of drug-likeness (QED) is 0.358. The molecule has 1 atom stereocenters. The van der Waals surface area contributed by atoms with Gasteiger partial charge >= 0.3 is 0 Å². The van der Waals surface area contributed by atoms with Gasteiger partial charge in [-0.05, 0) is 29.7 Å². The Bertz CT molecular complexity index is 790. The Morgan fingerprint density at radius 3 is 2.75 bits per heavy atom. The molecule has 9 heteroatoms. The van der Waals surface area contributed by atoms with E-state index in [4.69, 9.17) is 16.8 Å². The Hall–Kier alpha value is -1.83. The molecule has 28 heavy (non-hydrogen) atoms. The van der Waals surface area contributed by atoms with Crippen LogP contribution in [0.4, 0.5) is 5.82 Å². The molecule has 3 rings (SSSR count). The lowest BCUT2D eigenvalue weighted by Crippen LogP contribution is -2.26. The highest BCUT2D eigenvalue weighted by atomic mass is 35.5. The molecule has 152 valence electrons. The summed E-state index contributed by atoms with van der Waals surface area (Å²) in [6.45, 7) is 2.91. The van der Waals surface area contributed by atoms with Gasteiger partial charge in [0.25, 0.3) is 5.91 Å². The van der Waals surface area contributed by atoms with Crippen LogP contribution in [-0.2, 0) is 11.3 Å². The number of hydroxylamine groups is 1. The lowest BCUT2D eigenvalue weighted by atomic mass is 10.2. The third kappa shape index (κ3) is 6.96. The molecule has 1 aliphatic heterocycles. The summed E-state index contributed by atoms with van der Waals surface area (Å²) in [7, 11) is 0. The maximum Gasteiger partial charge on any atom is 0.267 e. The summed E-state index contributed by atoms with van der Waals surface area (Å²) in [5, 5.41) is 12.4. The number of nitrogens with zero attached hydrogens (tertiary/aromatic N) is 2. The average Bonchev–Trinajstić information content (AvgIpc) is 3.09. The molecule has 0 bridgehead atoms. The number of nitrogens with one attached hydrogen (secondary N) is 2. The van der Waals surface area contributed by atoms with Crippen molar-refractivity contribution in [2.24, 2.45) is 0 Å². The van der Waals surface area contributed by atoms with Crippen molar-refractivity contribution in [3.05, 3.63) is 64.8 Å². The molecule has 3 N–H and O–H groups in total. The molecule has 0 aliphatic carbocycles. The van der Waals surface area contributed by atoms with Crippen molar-refractivity contribution < 1.29 is 10.0 Å². The van der Waals surface area contributed by atoms with Crippen LogP contribution in [0.2, 0.25) is 5.02 Å². The minimum atomic E-state index is -0.604. The number of anilines is 1. The minimum absolute atomic E-state index is 0. The third-order valence-corrected chi connectivity index (χ3v) is 4.55. The van der Waals surface area contributed by atoms with Gasteiger partial charge in [0.05, 0.1) is 5.02 Å². The molecule has 6 nitrogen and oxygen atoms in total. The summed E-state index contributed by atoms with van der Waals surface area (Å²) >= 11 is 6.30. The normalized spacial score (nSPS) is 16.3. The maximum atomic E-state index is 11.0. The lowest BCUT2D eigenvalue weighted by Gasteiger charge is -2.17. The highest BCUT2D eigenvalue weighted by molar-refractivity contribution is 6.33. The van der Waals surface area contributed by atoms with Gasteiger partial charge in [-0.3, -0.25) is 14.9 Å². The van der Waals surface area contributed by atoms with Crippen molar-refractivity contribution in [1.82, 2.24) is 15.4 Å². The zero-order chi connectivity index (χ0) is 18.4. The standard InChI is InChI=1S/C19H21ClN4O2.2ClH/c20-17-10-15(6-7-18(25)23-26)11-21-19(17)22-16-8-9-24(13-16)12-14-4-2-1-3-5-14;;/h1-7,10-11,16,26H,8-9,12-13H2,(H,21,22)(H,23,25);2*1H/t16-;;/m1../s1. The predicted molar refractivity (Wildman–Crippen MR) is 116 cm³/mol. The van der Waals surface area contributed by atoms with Gasteiger partial charge in [-0.2, -0.15) is 0 Å². The van der Waals surface area contributed by atoms with E-state index in [1.807, 2.05) is 6.07 Å². The van der Waals surface area contributed by atoms with Crippen molar-refractivity contribution in [2.75, 3.05) is 18.4 Å². The second-order valence-corrected chi connectivity index (χ2v) is 6.67. The number of halogens is 3. The molecule has 1 saturated heterocycles. The van der Waals surface area contributed by atoms with Crippen LogP contribution in [0, 0.1) is 0 Å². The summed E-state index contributed by atoms with van der Waals surface area (Å²) in [6.07, 6.45) is 5.40. The predicted octanol–water partition coefficient (Wildman–Crippen LogP) is 3.78. The van der Waals surface area contributed by atoms with Gasteiger partial charge in [0.2, 0.25) is 0 Å². The number of hydrogen-bond acceptors (Lipinski definition) is 5. The molecule has 1 amide bonds. The average molecular weight is 446 g/mol. The van der Waals surface area contributed by atoms with Crippen molar-refractivity contribution in [3.8, 4) is 0 Å². The zero-order valence-corrected chi connectivity index (χ0v) is 17.4. The van der Waals surface area contributed by atoms with E-state index in [9.17, 15) is 4.79 Å². The van der Waals surface area contributed by atoms with Gasteiger partial charge in [0.15, 0.2) is 0 Å². The Morgan fingerprint density at radius 1 is 1.32 bits per heavy atom. The molecule has 2 aromatic rings. The monoisotopic (exact) mass is 444 g/mol. The van der Waals surface area contributed by atoms with Gasteiger partial charge in [-0.25, -0.2) is 10.5 Å². The summed E-state index contributed by atoms with van der Waals surface area (Å²) in [5.41, 5.74) is 3.53. The van der Waals surface area contributed by atoms with E-state index >= 15 is 0 Å². The van der Waals surface area contributed by atoms with Crippen molar-refractivity contribution in [3.63, 3.8) is 0 Å². The smallest absolute Gasteiger partial charge is 0.267 e. The fourth-order valence-corrected chi connectivity index (χ4v) is 3.22. The van der Waals surface area contributed by atoms with Crippen LogP contribution in [0.1, 0.15) is 17.5 Å². The third-order valence-electron chi connectivity index (χ3n) is 4.26. The van der Waals surface area contributed by atoms with Gasteiger partial charge in [-0.15, -0.1) is 24.8 Å². The van der Waals surface area contributed by atoms with E-state index in [1.165, 1.54) is 23.2 Å². The molecular weight excluding hydrogens is 423 g/mol. The minimum Gasteiger partial charge on any atom is -0.365 e. The summed E-state index contributed by atoms with van der Waals surface area (Å²) in [6, 6.07) is 12.5. The molecule has 0 saturated carbocycles. The second-order valence-electron chi connectivity index (χ2n) is 6.26. The van der Waals surface area contributed by atoms with Crippen LogP contribution in [0.15, 0.2) is 48.7 Å². The molecule has 1 aliphatic rings. The van der Waals surface area contributed by atoms with E-state index in [1.54, 1.807) is 12.3 Å². The SMILES string of the molecule is Cl.Cl.O=C(C=Cc1cnc(N[C@@H]2CCN(Cc3ccccc3)C2)c(Cl)c1)NO. The van der Waals surface area contributed by atoms with Crippen molar-refractivity contribution >= 4 is 54.2 Å². The van der Waals surface area contributed by atoms with E-state index in [0.717, 1.165) is 26.1 Å². The van der Waals surface area contributed by atoms with Crippen LogP contribution >= 0.6 is 36.4 Å². The maximum absolute atomic E-state index is 11.0. The second kappa shape index (κ2) is 11.9. The van der Waals surface area contributed by atoms with Crippen LogP contribution in [0.3, 0.4) is 0 Å².